The average molecular weight is 215 g/mol. The van der Waals surface area contributed by atoms with Gasteiger partial charge in [0.1, 0.15) is 0 Å². The summed E-state index contributed by atoms with van der Waals surface area (Å²) in [6.07, 6.45) is 0.983. The Balaban J connectivity index is 3.55. The molecule has 0 bridgehead atoms. The highest BCUT2D eigenvalue weighted by molar-refractivity contribution is 5.81. The zero-order valence-corrected chi connectivity index (χ0v) is 10.5. The van der Waals surface area contributed by atoms with Crippen molar-refractivity contribution in [2.24, 2.45) is 0 Å². The predicted octanol–water partition coefficient (Wildman–Crippen LogP) is 0.442. The fourth-order valence-electron chi connectivity index (χ4n) is 1.12. The molecule has 1 unspecified atom stereocenters. The first-order chi connectivity index (χ1) is 7.11. The summed E-state index contributed by atoms with van der Waals surface area (Å²) in [6, 6.07) is -0.0955. The minimum Gasteiger partial charge on any atom is -0.355 e. The Morgan fingerprint density at radius 1 is 1.33 bits per heavy atom. The fraction of sp³-hybridized carbons (Fsp3) is 0.909. The van der Waals surface area contributed by atoms with Gasteiger partial charge in [0.15, 0.2) is 0 Å². The Hall–Kier alpha value is -0.610. The van der Waals surface area contributed by atoms with Gasteiger partial charge in [0.2, 0.25) is 5.91 Å². The molecule has 1 amide bonds. The Bertz CT molecular complexity index is 173. The molecular formula is C11H25N3O. The molecular weight excluding hydrogens is 190 g/mol. The van der Waals surface area contributed by atoms with E-state index >= 15 is 0 Å². The number of rotatable bonds is 8. The highest BCUT2D eigenvalue weighted by atomic mass is 16.2. The van der Waals surface area contributed by atoms with Crippen LogP contribution in [0.4, 0.5) is 0 Å². The molecule has 0 aromatic carbocycles. The summed E-state index contributed by atoms with van der Waals surface area (Å²) in [6.45, 7) is 9.70. The Morgan fingerprint density at radius 2 is 2.00 bits per heavy atom. The van der Waals surface area contributed by atoms with Crippen molar-refractivity contribution in [2.45, 2.75) is 33.2 Å². The molecule has 2 N–H and O–H groups in total. The van der Waals surface area contributed by atoms with Crippen molar-refractivity contribution < 1.29 is 4.79 Å². The van der Waals surface area contributed by atoms with Gasteiger partial charge in [0.05, 0.1) is 6.04 Å². The van der Waals surface area contributed by atoms with Crippen LogP contribution in [0.25, 0.3) is 0 Å². The lowest BCUT2D eigenvalue weighted by molar-refractivity contribution is -0.122. The number of nitrogens with one attached hydrogen (secondary N) is 2. The van der Waals surface area contributed by atoms with Gasteiger partial charge in [0, 0.05) is 19.6 Å². The van der Waals surface area contributed by atoms with Gasteiger partial charge >= 0.3 is 0 Å². The number of amides is 1. The second kappa shape index (κ2) is 8.68. The third-order valence-corrected chi connectivity index (χ3v) is 2.43. The molecule has 0 aromatic heterocycles. The van der Waals surface area contributed by atoms with Crippen LogP contribution >= 0.6 is 0 Å². The van der Waals surface area contributed by atoms with Crippen molar-refractivity contribution in [3.05, 3.63) is 0 Å². The monoisotopic (exact) mass is 215 g/mol. The first-order valence-electron chi connectivity index (χ1n) is 5.81. The van der Waals surface area contributed by atoms with Crippen molar-refractivity contribution in [3.8, 4) is 0 Å². The van der Waals surface area contributed by atoms with Crippen LogP contribution < -0.4 is 10.6 Å². The predicted molar refractivity (Wildman–Crippen MR) is 63.9 cm³/mol. The second-order valence-corrected chi connectivity index (χ2v) is 3.86. The van der Waals surface area contributed by atoms with E-state index in [1.807, 2.05) is 6.92 Å². The van der Waals surface area contributed by atoms with E-state index in [0.29, 0.717) is 0 Å². The first kappa shape index (κ1) is 14.4. The van der Waals surface area contributed by atoms with Crippen LogP contribution in [0, 0.1) is 0 Å². The average Bonchev–Trinajstić information content (AvgIpc) is 2.25. The van der Waals surface area contributed by atoms with Crippen LogP contribution in [0.15, 0.2) is 0 Å². The van der Waals surface area contributed by atoms with Crippen molar-refractivity contribution in [1.29, 1.82) is 0 Å². The van der Waals surface area contributed by atoms with E-state index in [4.69, 9.17) is 0 Å². The molecule has 0 saturated carbocycles. The van der Waals surface area contributed by atoms with E-state index in [9.17, 15) is 4.79 Å². The normalized spacial score (nSPS) is 12.9. The highest BCUT2D eigenvalue weighted by Crippen LogP contribution is 1.84. The van der Waals surface area contributed by atoms with Gasteiger partial charge in [0.25, 0.3) is 0 Å². The topological polar surface area (TPSA) is 44.4 Å². The Morgan fingerprint density at radius 3 is 2.53 bits per heavy atom. The fourth-order valence-corrected chi connectivity index (χ4v) is 1.12. The van der Waals surface area contributed by atoms with Crippen molar-refractivity contribution >= 4 is 5.91 Å². The quantitative estimate of drug-likeness (QED) is 0.617. The molecule has 15 heavy (non-hydrogen) atoms. The number of carbonyl (C=O) groups excluding carboxylic acids is 1. The molecule has 0 aromatic rings. The van der Waals surface area contributed by atoms with Crippen LogP contribution in [0.3, 0.4) is 0 Å². The maximum atomic E-state index is 11.5. The molecule has 4 nitrogen and oxygen atoms in total. The van der Waals surface area contributed by atoms with Crippen LogP contribution in [-0.4, -0.2) is 50.1 Å². The van der Waals surface area contributed by atoms with Gasteiger partial charge in [-0.15, -0.1) is 0 Å². The summed E-state index contributed by atoms with van der Waals surface area (Å²) in [5, 5.41) is 6.07. The van der Waals surface area contributed by atoms with E-state index < -0.39 is 0 Å². The molecule has 4 heteroatoms. The lowest BCUT2D eigenvalue weighted by Crippen LogP contribution is -2.44. The van der Waals surface area contributed by atoms with Gasteiger partial charge in [-0.05, 0) is 26.9 Å². The summed E-state index contributed by atoms with van der Waals surface area (Å²) in [5.41, 5.74) is 0. The van der Waals surface area contributed by atoms with E-state index in [-0.39, 0.29) is 11.9 Å². The van der Waals surface area contributed by atoms with Crippen LogP contribution in [-0.2, 0) is 4.79 Å². The number of hydrogen-bond donors (Lipinski definition) is 2. The summed E-state index contributed by atoms with van der Waals surface area (Å²) in [7, 11) is 2.07. The standard InChI is InChI=1S/C11H25N3O/c1-5-7-13-11(15)10(3)12-8-9-14(4)6-2/h10,12H,5-9H2,1-4H3,(H,13,15). The van der Waals surface area contributed by atoms with Crippen molar-refractivity contribution in [3.63, 3.8) is 0 Å². The largest absolute Gasteiger partial charge is 0.355 e. The molecule has 90 valence electrons. The molecule has 1 atom stereocenters. The Kier molecular flexibility index (Phi) is 8.33. The molecule has 0 aliphatic carbocycles. The lowest BCUT2D eigenvalue weighted by Gasteiger charge is -2.17. The van der Waals surface area contributed by atoms with Gasteiger partial charge < -0.3 is 15.5 Å². The maximum Gasteiger partial charge on any atom is 0.236 e. The lowest BCUT2D eigenvalue weighted by atomic mass is 10.3. The summed E-state index contributed by atoms with van der Waals surface area (Å²) < 4.78 is 0. The zero-order valence-electron chi connectivity index (χ0n) is 10.5. The molecule has 0 fully saturated rings. The van der Waals surface area contributed by atoms with Gasteiger partial charge in [-0.3, -0.25) is 4.79 Å². The van der Waals surface area contributed by atoms with E-state index in [1.165, 1.54) is 0 Å². The number of likely N-dealkylation sites (N-methyl/N-ethyl adjacent to an activating group) is 1. The molecule has 0 heterocycles. The zero-order chi connectivity index (χ0) is 11.7. The third kappa shape index (κ3) is 7.33. The first-order valence-corrected chi connectivity index (χ1v) is 5.81. The smallest absolute Gasteiger partial charge is 0.236 e. The number of carbonyl (C=O) groups is 1. The minimum atomic E-state index is -0.0955. The van der Waals surface area contributed by atoms with E-state index in [0.717, 1.165) is 32.6 Å². The van der Waals surface area contributed by atoms with E-state index in [1.54, 1.807) is 0 Å². The second-order valence-electron chi connectivity index (χ2n) is 3.86. The number of nitrogens with zero attached hydrogens (tertiary/aromatic N) is 1. The van der Waals surface area contributed by atoms with Crippen LogP contribution in [0.2, 0.25) is 0 Å². The summed E-state index contributed by atoms with van der Waals surface area (Å²) >= 11 is 0. The summed E-state index contributed by atoms with van der Waals surface area (Å²) in [4.78, 5) is 13.7. The molecule has 0 aliphatic rings. The minimum absolute atomic E-state index is 0.0935. The van der Waals surface area contributed by atoms with Crippen LogP contribution in [0.5, 0.6) is 0 Å². The number of hydrogen-bond acceptors (Lipinski definition) is 3. The summed E-state index contributed by atoms with van der Waals surface area (Å²) in [5.74, 6) is 0.0935. The van der Waals surface area contributed by atoms with E-state index in [2.05, 4.69) is 36.4 Å². The third-order valence-electron chi connectivity index (χ3n) is 2.43. The molecule has 0 rings (SSSR count). The molecule has 0 saturated heterocycles. The van der Waals surface area contributed by atoms with Gasteiger partial charge in [-0.2, -0.15) is 0 Å². The molecule has 0 spiro atoms. The maximum absolute atomic E-state index is 11.5. The van der Waals surface area contributed by atoms with Gasteiger partial charge in [-0.1, -0.05) is 13.8 Å². The Labute approximate surface area is 93.4 Å². The SMILES string of the molecule is CCCNC(=O)C(C)NCCN(C)CC. The highest BCUT2D eigenvalue weighted by Gasteiger charge is 2.10. The van der Waals surface area contributed by atoms with Crippen molar-refractivity contribution in [2.75, 3.05) is 33.2 Å². The molecule has 0 radical (unpaired) electrons. The van der Waals surface area contributed by atoms with Crippen LogP contribution in [0.1, 0.15) is 27.2 Å². The molecule has 0 aliphatic heterocycles. The van der Waals surface area contributed by atoms with Crippen molar-refractivity contribution in [1.82, 2.24) is 15.5 Å². The van der Waals surface area contributed by atoms with Gasteiger partial charge in [-0.25, -0.2) is 0 Å².